The van der Waals surface area contributed by atoms with Crippen molar-refractivity contribution >= 4 is 29.3 Å². The van der Waals surface area contributed by atoms with Crippen molar-refractivity contribution in [3.8, 4) is 5.75 Å². The minimum absolute atomic E-state index is 0.141. The number of methoxy groups -OCH3 is 1. The van der Waals surface area contributed by atoms with Gasteiger partial charge in [0.15, 0.2) is 11.0 Å². The average molecular weight is 456 g/mol. The number of anilines is 1. The molecule has 0 aliphatic heterocycles. The largest absolute Gasteiger partial charge is 0.497 e. The van der Waals surface area contributed by atoms with Gasteiger partial charge in [-0.1, -0.05) is 29.5 Å². The standard InChI is InChI=1S/C22H25N5O4S/c1-14-4-8-16(9-5-14)23-19(29)13-32-22-26-25-20(27(22)2)18(12-28)24-21(30)15-6-10-17(31-3)11-7-15/h4-11,18,28H,12-13H2,1-3H3,(H,23,29)(H,24,30). The quantitative estimate of drug-likeness (QED) is 0.424. The molecule has 0 radical (unpaired) electrons. The number of ether oxygens (including phenoxy) is 1. The van der Waals surface area contributed by atoms with Gasteiger partial charge in [0.05, 0.1) is 19.5 Å². The summed E-state index contributed by atoms with van der Waals surface area (Å²) in [5.41, 5.74) is 2.26. The normalized spacial score (nSPS) is 11.6. The Labute approximate surface area is 190 Å². The first-order chi connectivity index (χ1) is 15.4. The number of hydrogen-bond donors (Lipinski definition) is 3. The Morgan fingerprint density at radius 3 is 2.44 bits per heavy atom. The molecule has 0 bridgehead atoms. The highest BCUT2D eigenvalue weighted by Crippen LogP contribution is 2.20. The molecule has 0 saturated heterocycles. The van der Waals surface area contributed by atoms with Crippen LogP contribution in [-0.4, -0.2) is 51.2 Å². The Morgan fingerprint density at radius 1 is 1.12 bits per heavy atom. The van der Waals surface area contributed by atoms with E-state index in [9.17, 15) is 14.7 Å². The Hall–Kier alpha value is -3.37. The van der Waals surface area contributed by atoms with E-state index in [1.54, 1.807) is 43.0 Å². The number of rotatable bonds is 9. The number of aromatic nitrogens is 3. The molecule has 1 heterocycles. The van der Waals surface area contributed by atoms with E-state index in [1.165, 1.54) is 11.8 Å². The van der Waals surface area contributed by atoms with Crippen LogP contribution in [0.1, 0.15) is 27.8 Å². The van der Waals surface area contributed by atoms with Gasteiger partial charge in [0.2, 0.25) is 5.91 Å². The van der Waals surface area contributed by atoms with Crippen LogP contribution in [0.15, 0.2) is 53.7 Å². The second kappa shape index (κ2) is 10.8. The first-order valence-corrected chi connectivity index (χ1v) is 10.8. The second-order valence-corrected chi connectivity index (χ2v) is 7.98. The summed E-state index contributed by atoms with van der Waals surface area (Å²) in [5, 5.41) is 24.1. The maximum atomic E-state index is 12.5. The van der Waals surface area contributed by atoms with E-state index in [0.717, 1.165) is 11.3 Å². The molecular weight excluding hydrogens is 430 g/mol. The lowest BCUT2D eigenvalue weighted by atomic mass is 10.2. The molecule has 0 saturated carbocycles. The molecule has 0 fully saturated rings. The smallest absolute Gasteiger partial charge is 0.251 e. The highest BCUT2D eigenvalue weighted by molar-refractivity contribution is 7.99. The zero-order valence-corrected chi connectivity index (χ0v) is 18.8. The predicted octanol–water partition coefficient (Wildman–Crippen LogP) is 2.33. The van der Waals surface area contributed by atoms with Gasteiger partial charge in [0.1, 0.15) is 11.8 Å². The maximum absolute atomic E-state index is 12.5. The number of thioether (sulfide) groups is 1. The lowest BCUT2D eigenvalue weighted by Crippen LogP contribution is -2.32. The van der Waals surface area contributed by atoms with Crippen molar-refractivity contribution in [1.29, 1.82) is 0 Å². The minimum Gasteiger partial charge on any atom is -0.497 e. The molecule has 168 valence electrons. The van der Waals surface area contributed by atoms with Crippen LogP contribution in [-0.2, 0) is 11.8 Å². The van der Waals surface area contributed by atoms with Crippen molar-refractivity contribution in [3.63, 3.8) is 0 Å². The fraction of sp³-hybridized carbons (Fsp3) is 0.273. The van der Waals surface area contributed by atoms with Gasteiger partial charge < -0.3 is 25.0 Å². The summed E-state index contributed by atoms with van der Waals surface area (Å²) >= 11 is 1.21. The fourth-order valence-corrected chi connectivity index (χ4v) is 3.61. The van der Waals surface area contributed by atoms with Gasteiger partial charge in [-0.05, 0) is 43.3 Å². The molecule has 0 aliphatic rings. The molecule has 1 unspecified atom stereocenters. The van der Waals surface area contributed by atoms with Crippen LogP contribution in [0.3, 0.4) is 0 Å². The molecule has 10 heteroatoms. The number of amides is 2. The molecule has 2 amide bonds. The number of aliphatic hydroxyl groups is 1. The van der Waals surface area contributed by atoms with E-state index < -0.39 is 6.04 Å². The van der Waals surface area contributed by atoms with Crippen LogP contribution in [0.25, 0.3) is 0 Å². The Kier molecular flexibility index (Phi) is 7.85. The van der Waals surface area contributed by atoms with Crippen molar-refractivity contribution in [1.82, 2.24) is 20.1 Å². The molecule has 2 aromatic carbocycles. The maximum Gasteiger partial charge on any atom is 0.251 e. The van der Waals surface area contributed by atoms with Crippen LogP contribution in [0, 0.1) is 6.92 Å². The van der Waals surface area contributed by atoms with Crippen LogP contribution in [0.5, 0.6) is 5.75 Å². The third-order valence-corrected chi connectivity index (χ3v) is 5.71. The summed E-state index contributed by atoms with van der Waals surface area (Å²) in [6, 6.07) is 13.4. The molecule has 1 atom stereocenters. The van der Waals surface area contributed by atoms with E-state index in [4.69, 9.17) is 4.74 Å². The third-order valence-electron chi connectivity index (χ3n) is 4.69. The molecule has 0 spiro atoms. The number of carbonyl (C=O) groups is 2. The van der Waals surface area contributed by atoms with E-state index in [1.807, 2.05) is 31.2 Å². The number of nitrogens with zero attached hydrogens (tertiary/aromatic N) is 3. The van der Waals surface area contributed by atoms with E-state index in [-0.39, 0.29) is 24.2 Å². The number of benzene rings is 2. The second-order valence-electron chi connectivity index (χ2n) is 7.04. The highest BCUT2D eigenvalue weighted by Gasteiger charge is 2.22. The van der Waals surface area contributed by atoms with Gasteiger partial charge in [-0.2, -0.15) is 0 Å². The number of nitrogens with one attached hydrogen (secondary N) is 2. The lowest BCUT2D eigenvalue weighted by Gasteiger charge is -2.16. The van der Waals surface area contributed by atoms with Gasteiger partial charge in [-0.15, -0.1) is 10.2 Å². The first kappa shape index (κ1) is 23.3. The zero-order chi connectivity index (χ0) is 23.1. The first-order valence-electron chi connectivity index (χ1n) is 9.85. The van der Waals surface area contributed by atoms with Gasteiger partial charge in [0, 0.05) is 18.3 Å². The molecular formula is C22H25N5O4S. The zero-order valence-electron chi connectivity index (χ0n) is 18.0. The van der Waals surface area contributed by atoms with E-state index in [2.05, 4.69) is 20.8 Å². The van der Waals surface area contributed by atoms with Crippen molar-refractivity contribution in [3.05, 3.63) is 65.5 Å². The van der Waals surface area contributed by atoms with Crippen LogP contribution >= 0.6 is 11.8 Å². The fourth-order valence-electron chi connectivity index (χ4n) is 2.90. The minimum atomic E-state index is -0.752. The summed E-state index contributed by atoms with van der Waals surface area (Å²) in [4.78, 5) is 24.8. The van der Waals surface area contributed by atoms with E-state index in [0.29, 0.717) is 22.3 Å². The molecule has 3 N–H and O–H groups in total. The monoisotopic (exact) mass is 455 g/mol. The third kappa shape index (κ3) is 5.86. The number of hydrogen-bond acceptors (Lipinski definition) is 7. The Bertz CT molecular complexity index is 1070. The Balaban J connectivity index is 1.60. The number of aryl methyl sites for hydroxylation is 1. The van der Waals surface area contributed by atoms with Crippen LogP contribution < -0.4 is 15.4 Å². The van der Waals surface area contributed by atoms with Crippen molar-refractivity contribution < 1.29 is 19.4 Å². The van der Waals surface area contributed by atoms with Crippen molar-refractivity contribution in [2.45, 2.75) is 18.1 Å². The van der Waals surface area contributed by atoms with Crippen LogP contribution in [0.2, 0.25) is 0 Å². The molecule has 3 aromatic rings. The van der Waals surface area contributed by atoms with Crippen molar-refractivity contribution in [2.75, 3.05) is 24.8 Å². The van der Waals surface area contributed by atoms with E-state index >= 15 is 0 Å². The van der Waals surface area contributed by atoms with Crippen LogP contribution in [0.4, 0.5) is 5.69 Å². The van der Waals surface area contributed by atoms with Gasteiger partial charge >= 0.3 is 0 Å². The van der Waals surface area contributed by atoms with Gasteiger partial charge in [0.25, 0.3) is 5.91 Å². The average Bonchev–Trinajstić information content (AvgIpc) is 3.17. The molecule has 32 heavy (non-hydrogen) atoms. The summed E-state index contributed by atoms with van der Waals surface area (Å²) < 4.78 is 6.74. The summed E-state index contributed by atoms with van der Waals surface area (Å²) in [6.45, 7) is 1.62. The molecule has 3 rings (SSSR count). The van der Waals surface area contributed by atoms with Gasteiger partial charge in [-0.3, -0.25) is 9.59 Å². The summed E-state index contributed by atoms with van der Waals surface area (Å²) in [7, 11) is 3.27. The lowest BCUT2D eigenvalue weighted by molar-refractivity contribution is -0.113. The highest BCUT2D eigenvalue weighted by atomic mass is 32.2. The molecule has 1 aromatic heterocycles. The predicted molar refractivity (Wildman–Crippen MR) is 122 cm³/mol. The van der Waals surface area contributed by atoms with Gasteiger partial charge in [-0.25, -0.2) is 0 Å². The number of aliphatic hydroxyl groups excluding tert-OH is 1. The SMILES string of the molecule is COc1ccc(C(=O)NC(CO)c2nnc(SCC(=O)Nc3ccc(C)cc3)n2C)cc1. The summed E-state index contributed by atoms with van der Waals surface area (Å²) in [6.07, 6.45) is 0. The molecule has 9 nitrogen and oxygen atoms in total. The van der Waals surface area contributed by atoms with Crippen molar-refractivity contribution in [2.24, 2.45) is 7.05 Å². The molecule has 0 aliphatic carbocycles. The Morgan fingerprint density at radius 2 is 1.81 bits per heavy atom. The number of carbonyl (C=O) groups excluding carboxylic acids is 2. The summed E-state index contributed by atoms with van der Waals surface area (Å²) in [5.74, 6) is 0.635. The topological polar surface area (TPSA) is 118 Å².